The Morgan fingerprint density at radius 3 is 2.11 bits per heavy atom. The molecule has 3 rings (SSSR count). The zero-order chi connectivity index (χ0) is 13.4. The minimum absolute atomic E-state index is 0.0405. The van der Waals surface area contributed by atoms with E-state index in [4.69, 9.17) is 10.5 Å². The summed E-state index contributed by atoms with van der Waals surface area (Å²) in [5.74, 6) is -1.17. The van der Waals surface area contributed by atoms with E-state index in [0.717, 1.165) is 26.3 Å². The second kappa shape index (κ2) is 4.94. The average molecular weight is 269 g/mol. The van der Waals surface area contributed by atoms with Gasteiger partial charge in [0, 0.05) is 31.9 Å². The van der Waals surface area contributed by atoms with E-state index in [0.29, 0.717) is 19.1 Å². The Morgan fingerprint density at radius 1 is 1.05 bits per heavy atom. The minimum Gasteiger partial charge on any atom is -0.399 e. The van der Waals surface area contributed by atoms with Gasteiger partial charge in [-0.2, -0.15) is 0 Å². The fourth-order valence-corrected chi connectivity index (χ4v) is 2.63. The molecule has 2 heterocycles. The number of hydrogen-bond acceptors (Lipinski definition) is 4. The number of halogens is 2. The SMILES string of the molecule is Nc1cc(F)c(N2CCN(C3COC3)CC2)c(F)c1. The van der Waals surface area contributed by atoms with E-state index in [2.05, 4.69) is 4.90 Å². The summed E-state index contributed by atoms with van der Waals surface area (Å²) in [7, 11) is 0. The number of piperazine rings is 1. The van der Waals surface area contributed by atoms with Crippen LogP contribution in [0.4, 0.5) is 20.2 Å². The first-order valence-corrected chi connectivity index (χ1v) is 6.46. The highest BCUT2D eigenvalue weighted by Gasteiger charge is 2.30. The lowest BCUT2D eigenvalue weighted by Crippen LogP contribution is -2.56. The van der Waals surface area contributed by atoms with Gasteiger partial charge in [0.1, 0.15) is 5.69 Å². The molecule has 0 atom stereocenters. The highest BCUT2D eigenvalue weighted by atomic mass is 19.1. The van der Waals surface area contributed by atoms with E-state index < -0.39 is 11.6 Å². The molecule has 2 fully saturated rings. The Hall–Kier alpha value is -1.40. The molecule has 104 valence electrons. The Kier molecular flexibility index (Phi) is 3.28. The van der Waals surface area contributed by atoms with Crippen molar-refractivity contribution in [1.82, 2.24) is 4.90 Å². The molecule has 4 nitrogen and oxygen atoms in total. The van der Waals surface area contributed by atoms with E-state index in [1.165, 1.54) is 12.1 Å². The number of nitrogen functional groups attached to an aromatic ring is 1. The van der Waals surface area contributed by atoms with E-state index in [9.17, 15) is 8.78 Å². The molecule has 0 saturated carbocycles. The molecular formula is C13H17F2N3O. The molecular weight excluding hydrogens is 252 g/mol. The van der Waals surface area contributed by atoms with E-state index in [1.54, 1.807) is 4.90 Å². The first kappa shape index (κ1) is 12.6. The zero-order valence-corrected chi connectivity index (χ0v) is 10.6. The Labute approximate surface area is 110 Å². The fraction of sp³-hybridized carbons (Fsp3) is 0.538. The van der Waals surface area contributed by atoms with E-state index in [1.807, 2.05) is 0 Å². The largest absolute Gasteiger partial charge is 0.399 e. The van der Waals surface area contributed by atoms with Crippen LogP contribution in [0.3, 0.4) is 0 Å². The standard InChI is InChI=1S/C13H17F2N3O/c14-11-5-9(16)6-12(15)13(11)18-3-1-17(2-4-18)10-7-19-8-10/h5-6,10H,1-4,7-8,16H2. The van der Waals surface area contributed by atoms with Crippen LogP contribution < -0.4 is 10.6 Å². The van der Waals surface area contributed by atoms with Crippen molar-refractivity contribution in [1.29, 1.82) is 0 Å². The predicted octanol–water partition coefficient (Wildman–Crippen LogP) is 1.07. The van der Waals surface area contributed by atoms with E-state index in [-0.39, 0.29) is 11.4 Å². The van der Waals surface area contributed by atoms with Gasteiger partial charge in [-0.15, -0.1) is 0 Å². The summed E-state index contributed by atoms with van der Waals surface area (Å²) in [6.07, 6.45) is 0. The van der Waals surface area contributed by atoms with Crippen LogP contribution in [0.2, 0.25) is 0 Å². The summed E-state index contributed by atoms with van der Waals surface area (Å²) >= 11 is 0. The van der Waals surface area contributed by atoms with Gasteiger partial charge in [0.15, 0.2) is 11.6 Å². The normalized spacial score (nSPS) is 21.5. The summed E-state index contributed by atoms with van der Waals surface area (Å²) in [6, 6.07) is 2.82. The number of nitrogens with two attached hydrogens (primary N) is 1. The first-order chi connectivity index (χ1) is 9.15. The second-order valence-corrected chi connectivity index (χ2v) is 5.05. The molecule has 0 radical (unpaired) electrons. The maximum absolute atomic E-state index is 13.8. The average Bonchev–Trinajstić information content (AvgIpc) is 2.27. The van der Waals surface area contributed by atoms with Gasteiger partial charge in [0.05, 0.1) is 19.3 Å². The van der Waals surface area contributed by atoms with Crippen molar-refractivity contribution < 1.29 is 13.5 Å². The fourth-order valence-electron chi connectivity index (χ4n) is 2.63. The monoisotopic (exact) mass is 269 g/mol. The molecule has 6 heteroatoms. The van der Waals surface area contributed by atoms with Gasteiger partial charge in [-0.25, -0.2) is 8.78 Å². The van der Waals surface area contributed by atoms with Crippen LogP contribution in [-0.2, 0) is 4.74 Å². The predicted molar refractivity (Wildman–Crippen MR) is 69.2 cm³/mol. The molecule has 2 aliphatic rings. The number of hydrogen-bond donors (Lipinski definition) is 1. The van der Waals surface area contributed by atoms with Crippen LogP contribution in [0.15, 0.2) is 12.1 Å². The Bertz CT molecular complexity index is 448. The number of nitrogens with zero attached hydrogens (tertiary/aromatic N) is 2. The van der Waals surface area contributed by atoms with Gasteiger partial charge in [-0.3, -0.25) is 4.90 Å². The first-order valence-electron chi connectivity index (χ1n) is 6.46. The molecule has 19 heavy (non-hydrogen) atoms. The third-order valence-electron chi connectivity index (χ3n) is 3.81. The Balaban J connectivity index is 1.71. The third-order valence-corrected chi connectivity index (χ3v) is 3.81. The van der Waals surface area contributed by atoms with Gasteiger partial charge in [-0.05, 0) is 12.1 Å². The molecule has 0 aromatic heterocycles. The van der Waals surface area contributed by atoms with E-state index >= 15 is 0 Å². The highest BCUT2D eigenvalue weighted by Crippen LogP contribution is 2.27. The number of rotatable bonds is 2. The van der Waals surface area contributed by atoms with Crippen LogP contribution >= 0.6 is 0 Å². The van der Waals surface area contributed by atoms with Crippen molar-refractivity contribution in [2.45, 2.75) is 6.04 Å². The maximum atomic E-state index is 13.8. The molecule has 0 aliphatic carbocycles. The molecule has 2 aliphatic heterocycles. The van der Waals surface area contributed by atoms with Gasteiger partial charge < -0.3 is 15.4 Å². The topological polar surface area (TPSA) is 41.7 Å². The molecule has 2 saturated heterocycles. The number of anilines is 2. The van der Waals surface area contributed by atoms with Crippen molar-refractivity contribution in [3.8, 4) is 0 Å². The maximum Gasteiger partial charge on any atom is 0.151 e. The molecule has 0 unspecified atom stereocenters. The molecule has 1 aromatic rings. The number of ether oxygens (including phenoxy) is 1. The second-order valence-electron chi connectivity index (χ2n) is 5.05. The zero-order valence-electron chi connectivity index (χ0n) is 10.6. The van der Waals surface area contributed by atoms with Crippen LogP contribution in [0.25, 0.3) is 0 Å². The molecule has 2 N–H and O–H groups in total. The summed E-state index contributed by atoms with van der Waals surface area (Å²) in [6.45, 7) is 4.38. The van der Waals surface area contributed by atoms with Crippen molar-refractivity contribution in [3.05, 3.63) is 23.8 Å². The van der Waals surface area contributed by atoms with Crippen LogP contribution in [0.1, 0.15) is 0 Å². The minimum atomic E-state index is -0.585. The van der Waals surface area contributed by atoms with Crippen LogP contribution in [0, 0.1) is 11.6 Å². The van der Waals surface area contributed by atoms with Gasteiger partial charge in [0.25, 0.3) is 0 Å². The van der Waals surface area contributed by atoms with Crippen molar-refractivity contribution in [2.75, 3.05) is 50.0 Å². The summed E-state index contributed by atoms with van der Waals surface area (Å²) in [4.78, 5) is 4.06. The van der Waals surface area contributed by atoms with Gasteiger partial charge >= 0.3 is 0 Å². The lowest BCUT2D eigenvalue weighted by Gasteiger charge is -2.43. The van der Waals surface area contributed by atoms with Crippen LogP contribution in [0.5, 0.6) is 0 Å². The quantitative estimate of drug-likeness (QED) is 0.815. The third kappa shape index (κ3) is 2.37. The van der Waals surface area contributed by atoms with Crippen LogP contribution in [-0.4, -0.2) is 50.3 Å². The van der Waals surface area contributed by atoms with Gasteiger partial charge in [0.2, 0.25) is 0 Å². The number of benzene rings is 1. The summed E-state index contributed by atoms with van der Waals surface area (Å²) in [5, 5.41) is 0. The highest BCUT2D eigenvalue weighted by molar-refractivity contribution is 5.56. The Morgan fingerprint density at radius 2 is 1.63 bits per heavy atom. The molecule has 0 amide bonds. The van der Waals surface area contributed by atoms with Crippen molar-refractivity contribution in [3.63, 3.8) is 0 Å². The lowest BCUT2D eigenvalue weighted by molar-refractivity contribution is -0.0661. The van der Waals surface area contributed by atoms with Crippen molar-refractivity contribution >= 4 is 11.4 Å². The smallest absolute Gasteiger partial charge is 0.151 e. The molecule has 0 bridgehead atoms. The lowest BCUT2D eigenvalue weighted by atomic mass is 10.1. The molecule has 0 spiro atoms. The summed E-state index contributed by atoms with van der Waals surface area (Å²) in [5.41, 5.74) is 5.58. The molecule has 1 aromatic carbocycles. The summed E-state index contributed by atoms with van der Waals surface area (Å²) < 4.78 is 32.8. The van der Waals surface area contributed by atoms with Crippen molar-refractivity contribution in [2.24, 2.45) is 0 Å². The van der Waals surface area contributed by atoms with Gasteiger partial charge in [-0.1, -0.05) is 0 Å².